The van der Waals surface area contributed by atoms with Gasteiger partial charge in [0.25, 0.3) is 0 Å². The Balaban J connectivity index is 1.96. The Morgan fingerprint density at radius 1 is 1.20 bits per heavy atom. The molecule has 0 N–H and O–H groups in total. The van der Waals surface area contributed by atoms with Crippen LogP contribution in [0.2, 0.25) is 0 Å². The van der Waals surface area contributed by atoms with E-state index in [9.17, 15) is 0 Å². The molecule has 1 saturated carbocycles. The maximum absolute atomic E-state index is 5.29. The molecular formula is C14H18O. The number of hydrogen-bond acceptors (Lipinski definition) is 1. The molecule has 1 heteroatoms. The molecule has 1 aromatic rings. The molecule has 3 rings (SSSR count). The number of ether oxygens (including phenoxy) is 1. The van der Waals surface area contributed by atoms with Gasteiger partial charge in [0.2, 0.25) is 0 Å². The lowest BCUT2D eigenvalue weighted by Crippen LogP contribution is -2.12. The Morgan fingerprint density at radius 3 is 2.93 bits per heavy atom. The topological polar surface area (TPSA) is 9.23 Å². The van der Waals surface area contributed by atoms with Crippen LogP contribution in [0.1, 0.15) is 42.7 Å². The highest BCUT2D eigenvalue weighted by Crippen LogP contribution is 2.47. The maximum atomic E-state index is 5.29. The van der Waals surface area contributed by atoms with E-state index in [-0.39, 0.29) is 0 Å². The predicted octanol–water partition coefficient (Wildman–Crippen LogP) is 3.53. The number of methoxy groups -OCH3 is 1. The lowest BCUT2D eigenvalue weighted by atomic mass is 9.80. The van der Waals surface area contributed by atoms with E-state index in [4.69, 9.17) is 4.74 Å². The highest BCUT2D eigenvalue weighted by atomic mass is 16.5. The summed E-state index contributed by atoms with van der Waals surface area (Å²) >= 11 is 0. The van der Waals surface area contributed by atoms with Gasteiger partial charge in [-0.1, -0.05) is 18.9 Å². The van der Waals surface area contributed by atoms with E-state index in [1.54, 1.807) is 18.2 Å². The van der Waals surface area contributed by atoms with Gasteiger partial charge >= 0.3 is 0 Å². The highest BCUT2D eigenvalue weighted by Gasteiger charge is 2.33. The van der Waals surface area contributed by atoms with Crippen molar-refractivity contribution < 1.29 is 4.74 Å². The van der Waals surface area contributed by atoms with Crippen molar-refractivity contribution >= 4 is 0 Å². The minimum absolute atomic E-state index is 0.861. The second kappa shape index (κ2) is 3.55. The summed E-state index contributed by atoms with van der Waals surface area (Å²) in [6.07, 6.45) is 6.99. The predicted molar refractivity (Wildman–Crippen MR) is 61.4 cm³/mol. The van der Waals surface area contributed by atoms with Gasteiger partial charge < -0.3 is 4.74 Å². The summed E-state index contributed by atoms with van der Waals surface area (Å²) in [7, 11) is 1.75. The van der Waals surface area contributed by atoms with E-state index in [1.807, 2.05) is 0 Å². The number of hydrogen-bond donors (Lipinski definition) is 0. The third-order valence-electron chi connectivity index (χ3n) is 4.14. The Bertz CT molecular complexity index is 370. The van der Waals surface area contributed by atoms with Crippen LogP contribution < -0.4 is 4.74 Å². The number of fused-ring (bicyclic) bond motifs is 3. The van der Waals surface area contributed by atoms with Gasteiger partial charge in [-0.3, -0.25) is 0 Å². The zero-order chi connectivity index (χ0) is 10.3. The molecule has 1 nitrogen and oxygen atoms in total. The van der Waals surface area contributed by atoms with Gasteiger partial charge in [-0.25, -0.2) is 0 Å². The first-order chi connectivity index (χ1) is 7.38. The van der Waals surface area contributed by atoms with Gasteiger partial charge in [0, 0.05) is 0 Å². The molecule has 2 aliphatic carbocycles. The van der Waals surface area contributed by atoms with E-state index in [0.717, 1.165) is 17.6 Å². The van der Waals surface area contributed by atoms with Gasteiger partial charge in [0.05, 0.1) is 7.11 Å². The van der Waals surface area contributed by atoms with Crippen LogP contribution in [0.5, 0.6) is 5.75 Å². The van der Waals surface area contributed by atoms with E-state index in [0.29, 0.717) is 0 Å². The molecule has 2 atom stereocenters. The summed E-state index contributed by atoms with van der Waals surface area (Å²) in [4.78, 5) is 0. The lowest BCUT2D eigenvalue weighted by molar-refractivity contribution is 0.330. The van der Waals surface area contributed by atoms with Gasteiger partial charge in [0.1, 0.15) is 5.75 Å². The van der Waals surface area contributed by atoms with Crippen LogP contribution in [0.15, 0.2) is 18.2 Å². The fourth-order valence-corrected chi connectivity index (χ4v) is 3.39. The first kappa shape index (κ1) is 9.26. The van der Waals surface area contributed by atoms with Crippen LogP contribution in [0.25, 0.3) is 0 Å². The Hall–Kier alpha value is -0.980. The van der Waals surface area contributed by atoms with E-state index in [1.165, 1.54) is 32.1 Å². The SMILES string of the molecule is COc1ccc2c(c1)CC1CCCCC21. The molecular weight excluding hydrogens is 184 g/mol. The molecule has 0 spiro atoms. The molecule has 80 valence electrons. The molecule has 15 heavy (non-hydrogen) atoms. The lowest BCUT2D eigenvalue weighted by Gasteiger charge is -2.25. The summed E-state index contributed by atoms with van der Waals surface area (Å²) in [6, 6.07) is 6.66. The van der Waals surface area contributed by atoms with Gasteiger partial charge in [-0.2, -0.15) is 0 Å². The van der Waals surface area contributed by atoms with Crippen molar-refractivity contribution in [2.45, 2.75) is 38.0 Å². The average molecular weight is 202 g/mol. The third-order valence-corrected chi connectivity index (χ3v) is 4.14. The molecule has 0 radical (unpaired) electrons. The fourth-order valence-electron chi connectivity index (χ4n) is 3.39. The number of benzene rings is 1. The van der Waals surface area contributed by atoms with E-state index in [2.05, 4.69) is 18.2 Å². The monoisotopic (exact) mass is 202 g/mol. The zero-order valence-electron chi connectivity index (χ0n) is 9.33. The summed E-state index contributed by atoms with van der Waals surface area (Å²) < 4.78 is 5.29. The second-order valence-corrected chi connectivity index (χ2v) is 4.92. The Kier molecular flexibility index (Phi) is 2.19. The zero-order valence-corrected chi connectivity index (χ0v) is 9.33. The molecule has 0 saturated heterocycles. The van der Waals surface area contributed by atoms with Crippen LogP contribution in [0, 0.1) is 5.92 Å². The van der Waals surface area contributed by atoms with Crippen LogP contribution in [-0.2, 0) is 6.42 Å². The van der Waals surface area contributed by atoms with Crippen LogP contribution in [-0.4, -0.2) is 7.11 Å². The molecule has 0 aromatic heterocycles. The van der Waals surface area contributed by atoms with Gasteiger partial charge in [0.15, 0.2) is 0 Å². The normalized spacial score (nSPS) is 28.3. The quantitative estimate of drug-likeness (QED) is 0.677. The fraction of sp³-hybridized carbons (Fsp3) is 0.571. The van der Waals surface area contributed by atoms with Crippen molar-refractivity contribution in [3.05, 3.63) is 29.3 Å². The minimum Gasteiger partial charge on any atom is -0.497 e. The molecule has 0 aliphatic heterocycles. The largest absolute Gasteiger partial charge is 0.497 e. The third kappa shape index (κ3) is 1.45. The average Bonchev–Trinajstić information content (AvgIpc) is 2.66. The van der Waals surface area contributed by atoms with Crippen molar-refractivity contribution in [3.63, 3.8) is 0 Å². The molecule has 2 unspecified atom stereocenters. The minimum atomic E-state index is 0.861. The maximum Gasteiger partial charge on any atom is 0.119 e. The Labute approximate surface area is 91.5 Å². The molecule has 2 aliphatic rings. The van der Waals surface area contributed by atoms with Crippen LogP contribution in [0.4, 0.5) is 0 Å². The van der Waals surface area contributed by atoms with Gasteiger partial charge in [-0.15, -0.1) is 0 Å². The van der Waals surface area contributed by atoms with Crippen LogP contribution >= 0.6 is 0 Å². The Morgan fingerprint density at radius 2 is 2.07 bits per heavy atom. The summed E-state index contributed by atoms with van der Waals surface area (Å²) in [5.41, 5.74) is 3.16. The molecule has 0 heterocycles. The smallest absolute Gasteiger partial charge is 0.119 e. The van der Waals surface area contributed by atoms with E-state index < -0.39 is 0 Å². The van der Waals surface area contributed by atoms with Crippen molar-refractivity contribution in [3.8, 4) is 5.75 Å². The van der Waals surface area contributed by atoms with Crippen molar-refractivity contribution in [1.29, 1.82) is 0 Å². The van der Waals surface area contributed by atoms with Crippen LogP contribution in [0.3, 0.4) is 0 Å². The van der Waals surface area contributed by atoms with E-state index >= 15 is 0 Å². The summed E-state index contributed by atoms with van der Waals surface area (Å²) in [5, 5.41) is 0. The summed E-state index contributed by atoms with van der Waals surface area (Å²) in [6.45, 7) is 0. The standard InChI is InChI=1S/C14H18O/c1-15-12-6-7-14-11(9-12)8-10-4-2-3-5-13(10)14/h6-7,9-10,13H,2-5,8H2,1H3. The van der Waals surface area contributed by atoms with Crippen molar-refractivity contribution in [2.75, 3.05) is 7.11 Å². The molecule has 1 aromatic carbocycles. The second-order valence-electron chi connectivity index (χ2n) is 4.92. The molecule has 0 bridgehead atoms. The number of rotatable bonds is 1. The van der Waals surface area contributed by atoms with Crippen molar-refractivity contribution in [1.82, 2.24) is 0 Å². The molecule has 0 amide bonds. The van der Waals surface area contributed by atoms with Crippen molar-refractivity contribution in [2.24, 2.45) is 5.92 Å². The molecule has 1 fully saturated rings. The first-order valence-electron chi connectivity index (χ1n) is 6.05. The highest BCUT2D eigenvalue weighted by molar-refractivity contribution is 5.42. The van der Waals surface area contributed by atoms with Gasteiger partial charge in [-0.05, 0) is 54.4 Å². The summed E-state index contributed by atoms with van der Waals surface area (Å²) in [5.74, 6) is 2.81. The first-order valence-corrected chi connectivity index (χ1v) is 6.05.